The predicted octanol–water partition coefficient (Wildman–Crippen LogP) is 4.34. The fraction of sp³-hybridized carbons (Fsp3) is 0.208. The van der Waals surface area contributed by atoms with Crippen molar-refractivity contribution in [1.29, 1.82) is 5.26 Å². The summed E-state index contributed by atoms with van der Waals surface area (Å²) < 4.78 is 28.4. The Bertz CT molecular complexity index is 1390. The first-order valence-corrected chi connectivity index (χ1v) is 10.6. The van der Waals surface area contributed by atoms with Crippen molar-refractivity contribution in [2.45, 2.75) is 31.6 Å². The monoisotopic (exact) mass is 466 g/mol. The lowest BCUT2D eigenvalue weighted by molar-refractivity contribution is -0.122. The van der Waals surface area contributed by atoms with Crippen LogP contribution in [0.1, 0.15) is 30.4 Å². The van der Waals surface area contributed by atoms with Crippen LogP contribution in [-0.4, -0.2) is 11.7 Å². The molecule has 1 atom stereocenters. The van der Waals surface area contributed by atoms with Gasteiger partial charge in [0.05, 0.1) is 16.9 Å². The summed E-state index contributed by atoms with van der Waals surface area (Å²) in [6, 6.07) is 8.18. The molecule has 1 unspecified atom stereocenters. The second-order valence-electron chi connectivity index (χ2n) is 8.20. The number of amides is 1. The molecule has 0 saturated heterocycles. The lowest BCUT2D eigenvalue weighted by Gasteiger charge is -2.43. The van der Waals surface area contributed by atoms with Gasteiger partial charge in [0, 0.05) is 34.3 Å². The average molecular weight is 467 g/mol. The minimum Gasteiger partial charge on any atom is -0.384 e. The summed E-state index contributed by atoms with van der Waals surface area (Å²) in [6.07, 6.45) is 0.929. The molecule has 5 rings (SSSR count). The second kappa shape index (κ2) is 7.15. The van der Waals surface area contributed by atoms with Crippen LogP contribution >= 0.6 is 11.6 Å². The third-order valence-electron chi connectivity index (χ3n) is 6.55. The maximum atomic E-state index is 14.8. The van der Waals surface area contributed by atoms with E-state index in [2.05, 4.69) is 5.32 Å². The number of allylic oxidation sites excluding steroid dienone is 1. The Hall–Kier alpha value is -3.70. The minimum absolute atomic E-state index is 0.0844. The number of anilines is 2. The van der Waals surface area contributed by atoms with Gasteiger partial charge in [-0.15, -0.1) is 0 Å². The normalized spacial score (nSPS) is 21.8. The Labute approximate surface area is 192 Å². The topological polar surface area (TPSA) is 99.2 Å². The third-order valence-corrected chi connectivity index (χ3v) is 6.96. The summed E-state index contributed by atoms with van der Waals surface area (Å²) in [5.41, 5.74) is 6.17. The van der Waals surface area contributed by atoms with Crippen molar-refractivity contribution in [2.24, 2.45) is 5.73 Å². The summed E-state index contributed by atoms with van der Waals surface area (Å²) in [4.78, 5) is 28.2. The molecule has 33 heavy (non-hydrogen) atoms. The smallest absolute Gasteiger partial charge is 0.245 e. The van der Waals surface area contributed by atoms with Crippen molar-refractivity contribution < 1.29 is 18.4 Å². The number of halogens is 3. The fourth-order valence-corrected chi connectivity index (χ4v) is 5.27. The molecular weight excluding hydrogens is 450 g/mol. The van der Waals surface area contributed by atoms with Crippen LogP contribution in [0.15, 0.2) is 53.0 Å². The summed E-state index contributed by atoms with van der Waals surface area (Å²) in [5.74, 6) is -2.80. The lowest BCUT2D eigenvalue weighted by Crippen LogP contribution is -2.50. The van der Waals surface area contributed by atoms with Crippen molar-refractivity contribution in [3.63, 3.8) is 0 Å². The first-order valence-electron chi connectivity index (χ1n) is 10.3. The van der Waals surface area contributed by atoms with E-state index in [1.807, 2.05) is 6.07 Å². The summed E-state index contributed by atoms with van der Waals surface area (Å²) in [7, 11) is 0. The maximum Gasteiger partial charge on any atom is 0.245 e. The number of nitrogens with one attached hydrogen (secondary N) is 1. The molecule has 2 aromatic rings. The largest absolute Gasteiger partial charge is 0.384 e. The quantitative estimate of drug-likeness (QED) is 0.651. The summed E-state index contributed by atoms with van der Waals surface area (Å²) >= 11 is 6.25. The van der Waals surface area contributed by atoms with E-state index in [-0.39, 0.29) is 34.9 Å². The van der Waals surface area contributed by atoms with E-state index in [9.17, 15) is 23.6 Å². The zero-order valence-electron chi connectivity index (χ0n) is 17.4. The zero-order chi connectivity index (χ0) is 23.7. The third kappa shape index (κ3) is 2.63. The van der Waals surface area contributed by atoms with Crippen LogP contribution in [0.5, 0.6) is 0 Å². The van der Waals surface area contributed by atoms with E-state index in [0.29, 0.717) is 46.4 Å². The highest BCUT2D eigenvalue weighted by atomic mass is 35.5. The molecule has 0 aromatic heterocycles. The van der Waals surface area contributed by atoms with Gasteiger partial charge in [0.15, 0.2) is 5.78 Å². The van der Waals surface area contributed by atoms with Crippen LogP contribution in [0, 0.1) is 29.9 Å². The van der Waals surface area contributed by atoms with Crippen molar-refractivity contribution >= 4 is 34.7 Å². The maximum absolute atomic E-state index is 14.8. The number of carbonyl (C=O) groups excluding carboxylic acids is 2. The molecule has 2 aliphatic heterocycles. The first kappa shape index (κ1) is 21.2. The number of hydrogen-bond acceptors (Lipinski definition) is 5. The number of rotatable bonds is 1. The van der Waals surface area contributed by atoms with Crippen LogP contribution in [-0.2, 0) is 15.0 Å². The number of ketones is 1. The SMILES string of the molecule is Cc1c(Cl)ccc2c1NC(=O)C21C(C#N)=C(N)N(c2ccc(F)cc2F)C2=C1C(=O)CCC2. The van der Waals surface area contributed by atoms with Crippen LogP contribution in [0.25, 0.3) is 0 Å². The van der Waals surface area contributed by atoms with Crippen LogP contribution in [0.4, 0.5) is 20.2 Å². The second-order valence-corrected chi connectivity index (χ2v) is 8.61. The molecule has 0 bridgehead atoms. The Balaban J connectivity index is 1.90. The molecule has 3 N–H and O–H groups in total. The number of hydrogen-bond donors (Lipinski definition) is 2. The zero-order valence-corrected chi connectivity index (χ0v) is 18.2. The molecule has 6 nitrogen and oxygen atoms in total. The number of carbonyl (C=O) groups is 2. The Morgan fingerprint density at radius 3 is 2.67 bits per heavy atom. The molecule has 2 heterocycles. The van der Waals surface area contributed by atoms with Gasteiger partial charge in [-0.05, 0) is 43.5 Å². The van der Waals surface area contributed by atoms with Crippen LogP contribution < -0.4 is 16.0 Å². The fourth-order valence-electron chi connectivity index (χ4n) is 5.12. The van der Waals surface area contributed by atoms with Crippen molar-refractivity contribution in [3.05, 3.63) is 80.8 Å². The summed E-state index contributed by atoms with van der Waals surface area (Å²) in [6.45, 7) is 1.72. The number of benzene rings is 2. The van der Waals surface area contributed by atoms with E-state index in [4.69, 9.17) is 17.3 Å². The van der Waals surface area contributed by atoms with Gasteiger partial charge in [0.2, 0.25) is 5.91 Å². The van der Waals surface area contributed by atoms with E-state index in [1.165, 1.54) is 11.0 Å². The molecule has 166 valence electrons. The molecule has 2 aromatic carbocycles. The molecule has 1 spiro atoms. The highest BCUT2D eigenvalue weighted by Gasteiger charge is 2.60. The Morgan fingerprint density at radius 2 is 1.97 bits per heavy atom. The van der Waals surface area contributed by atoms with E-state index >= 15 is 0 Å². The number of nitrogens with two attached hydrogens (primary N) is 1. The molecule has 0 fully saturated rings. The van der Waals surface area contributed by atoms with Crippen LogP contribution in [0.2, 0.25) is 5.02 Å². The van der Waals surface area contributed by atoms with Gasteiger partial charge in [0.25, 0.3) is 0 Å². The Morgan fingerprint density at radius 1 is 1.21 bits per heavy atom. The van der Waals surface area contributed by atoms with Crippen molar-refractivity contribution in [3.8, 4) is 6.07 Å². The highest BCUT2D eigenvalue weighted by molar-refractivity contribution is 6.32. The molecule has 1 aliphatic carbocycles. The van der Waals surface area contributed by atoms with Gasteiger partial charge in [-0.25, -0.2) is 8.78 Å². The molecule has 0 radical (unpaired) electrons. The van der Waals surface area contributed by atoms with Gasteiger partial charge < -0.3 is 11.1 Å². The number of nitriles is 1. The van der Waals surface area contributed by atoms with Gasteiger partial charge >= 0.3 is 0 Å². The van der Waals surface area contributed by atoms with Crippen molar-refractivity contribution in [2.75, 3.05) is 10.2 Å². The molecular formula is C24H17ClF2N4O2. The highest BCUT2D eigenvalue weighted by Crippen LogP contribution is 2.56. The van der Waals surface area contributed by atoms with Crippen LogP contribution in [0.3, 0.4) is 0 Å². The number of fused-ring (bicyclic) bond motifs is 3. The standard InChI is InChI=1S/C24H17ClF2N4O2/c1-11-15(25)7-6-13-21(11)30-23(33)24(13)14(10-28)22(29)31(17-8-5-12(26)9-16(17)27)18-3-2-4-19(32)20(18)24/h5-9H,2-4,29H2,1H3,(H,30,33). The van der Waals surface area contributed by atoms with Gasteiger partial charge in [-0.3, -0.25) is 14.5 Å². The average Bonchev–Trinajstić information content (AvgIpc) is 3.05. The first-order chi connectivity index (χ1) is 15.7. The molecule has 1 amide bonds. The summed E-state index contributed by atoms with van der Waals surface area (Å²) in [5, 5.41) is 13.4. The number of Topliss-reactive ketones (excluding diaryl/α,β-unsaturated/α-hetero) is 1. The molecule has 3 aliphatic rings. The van der Waals surface area contributed by atoms with Gasteiger partial charge in [-0.1, -0.05) is 17.7 Å². The Kier molecular flexibility index (Phi) is 4.59. The van der Waals surface area contributed by atoms with Gasteiger partial charge in [0.1, 0.15) is 28.9 Å². The lowest BCUT2D eigenvalue weighted by atomic mass is 9.63. The van der Waals surface area contributed by atoms with E-state index < -0.39 is 23.0 Å². The number of nitrogens with zero attached hydrogens (tertiary/aromatic N) is 2. The predicted molar refractivity (Wildman–Crippen MR) is 118 cm³/mol. The van der Waals surface area contributed by atoms with Crippen molar-refractivity contribution in [1.82, 2.24) is 0 Å². The van der Waals surface area contributed by atoms with E-state index in [1.54, 1.807) is 19.1 Å². The minimum atomic E-state index is -1.77. The van der Waals surface area contributed by atoms with Gasteiger partial charge in [-0.2, -0.15) is 5.26 Å². The van der Waals surface area contributed by atoms with E-state index in [0.717, 1.165) is 6.07 Å². The molecule has 9 heteroatoms. The molecule has 0 saturated carbocycles.